The first-order chi connectivity index (χ1) is 15.5. The van der Waals surface area contributed by atoms with E-state index in [1.54, 1.807) is 0 Å². The molecule has 0 radical (unpaired) electrons. The summed E-state index contributed by atoms with van der Waals surface area (Å²) in [6.45, 7) is 3.45. The summed E-state index contributed by atoms with van der Waals surface area (Å²) >= 11 is 6.41. The smallest absolute Gasteiger partial charge is 0.227 e. The van der Waals surface area contributed by atoms with E-state index >= 15 is 0 Å². The predicted octanol–water partition coefficient (Wildman–Crippen LogP) is 5.39. The van der Waals surface area contributed by atoms with Gasteiger partial charge in [0.05, 0.1) is 6.54 Å². The molecule has 164 valence electrons. The van der Waals surface area contributed by atoms with Gasteiger partial charge in [0.15, 0.2) is 5.82 Å². The lowest BCUT2D eigenvalue weighted by molar-refractivity contribution is -0.116. The van der Waals surface area contributed by atoms with Crippen LogP contribution in [0.15, 0.2) is 59.0 Å². The maximum atomic E-state index is 12.4. The first-order valence-corrected chi connectivity index (χ1v) is 11.3. The fourth-order valence-corrected chi connectivity index (χ4v) is 4.54. The Labute approximate surface area is 191 Å². The molecular formula is C25H25ClN4O2. The summed E-state index contributed by atoms with van der Waals surface area (Å²) in [4.78, 5) is 12.4. The van der Waals surface area contributed by atoms with Crippen LogP contribution in [0.1, 0.15) is 30.5 Å². The number of benzene rings is 2. The number of halogens is 1. The van der Waals surface area contributed by atoms with Crippen LogP contribution < -0.4 is 10.6 Å². The van der Waals surface area contributed by atoms with E-state index in [1.807, 2.05) is 66.2 Å². The van der Waals surface area contributed by atoms with Gasteiger partial charge in [-0.3, -0.25) is 9.48 Å². The summed E-state index contributed by atoms with van der Waals surface area (Å²) in [6.07, 6.45) is 2.63. The third-order valence-electron chi connectivity index (χ3n) is 5.88. The number of hydrogen-bond acceptors (Lipinski definition) is 4. The van der Waals surface area contributed by atoms with Gasteiger partial charge in [-0.25, -0.2) is 0 Å². The quantitative estimate of drug-likeness (QED) is 0.415. The third-order valence-corrected chi connectivity index (χ3v) is 6.10. The molecule has 2 aromatic heterocycles. The Morgan fingerprint density at radius 1 is 1.25 bits per heavy atom. The summed E-state index contributed by atoms with van der Waals surface area (Å²) in [7, 11) is 0. The fraction of sp³-hybridized carbons (Fsp3) is 0.280. The molecule has 1 saturated heterocycles. The molecule has 5 rings (SSSR count). The Balaban J connectivity index is 1.38. The van der Waals surface area contributed by atoms with Crippen molar-refractivity contribution in [2.45, 2.75) is 38.8 Å². The van der Waals surface area contributed by atoms with Crippen LogP contribution in [0.25, 0.3) is 22.3 Å². The molecule has 1 amide bonds. The highest BCUT2D eigenvalue weighted by Crippen LogP contribution is 2.32. The summed E-state index contributed by atoms with van der Waals surface area (Å²) in [5.74, 6) is 1.35. The van der Waals surface area contributed by atoms with Gasteiger partial charge in [0, 0.05) is 45.8 Å². The van der Waals surface area contributed by atoms with Crippen molar-refractivity contribution in [3.8, 4) is 11.3 Å². The van der Waals surface area contributed by atoms with Crippen molar-refractivity contribution in [3.63, 3.8) is 0 Å². The number of aryl methyl sites for hydroxylation is 1. The van der Waals surface area contributed by atoms with Gasteiger partial charge >= 0.3 is 0 Å². The Kier molecular flexibility index (Phi) is 5.72. The number of aromatic nitrogens is 2. The molecule has 32 heavy (non-hydrogen) atoms. The van der Waals surface area contributed by atoms with Gasteiger partial charge in [-0.15, -0.1) is 0 Å². The lowest BCUT2D eigenvalue weighted by atomic mass is 10.1. The van der Waals surface area contributed by atoms with Crippen LogP contribution in [0.3, 0.4) is 0 Å². The van der Waals surface area contributed by atoms with Crippen LogP contribution in [-0.4, -0.2) is 28.3 Å². The number of anilines is 1. The molecule has 1 fully saturated rings. The van der Waals surface area contributed by atoms with Crippen LogP contribution in [-0.2, 0) is 11.3 Å². The second-order valence-electron chi connectivity index (χ2n) is 8.33. The van der Waals surface area contributed by atoms with Crippen LogP contribution in [0.5, 0.6) is 0 Å². The highest BCUT2D eigenvalue weighted by Gasteiger charge is 2.19. The van der Waals surface area contributed by atoms with Gasteiger partial charge in [-0.2, -0.15) is 5.10 Å². The molecule has 2 N–H and O–H groups in total. The summed E-state index contributed by atoms with van der Waals surface area (Å²) in [5, 5.41) is 12.5. The van der Waals surface area contributed by atoms with Gasteiger partial charge < -0.3 is 15.1 Å². The first kappa shape index (κ1) is 20.8. The van der Waals surface area contributed by atoms with Gasteiger partial charge in [-0.05, 0) is 44.5 Å². The van der Waals surface area contributed by atoms with E-state index in [-0.39, 0.29) is 11.9 Å². The zero-order valence-corrected chi connectivity index (χ0v) is 18.7. The molecule has 0 spiro atoms. The van der Waals surface area contributed by atoms with Crippen molar-refractivity contribution >= 4 is 34.3 Å². The number of hydrogen-bond donors (Lipinski definition) is 2. The SMILES string of the molecule is Cc1cc(NC(=O)CC2CCCN2)nn1Cc1cc(Cl)cc2cc(-c3ccccc3)oc12. The molecule has 0 bridgehead atoms. The number of carbonyl (C=O) groups is 1. The predicted molar refractivity (Wildman–Crippen MR) is 127 cm³/mol. The average Bonchev–Trinajstić information content (AvgIpc) is 3.50. The largest absolute Gasteiger partial charge is 0.456 e. The number of furan rings is 1. The molecule has 1 aliphatic heterocycles. The fourth-order valence-electron chi connectivity index (χ4n) is 4.29. The molecule has 6 nitrogen and oxygen atoms in total. The molecule has 1 aliphatic rings. The highest BCUT2D eigenvalue weighted by atomic mass is 35.5. The average molecular weight is 449 g/mol. The normalized spacial score (nSPS) is 16.0. The Morgan fingerprint density at radius 3 is 2.88 bits per heavy atom. The minimum absolute atomic E-state index is 0.0160. The van der Waals surface area contributed by atoms with Crippen molar-refractivity contribution in [2.75, 3.05) is 11.9 Å². The van der Waals surface area contributed by atoms with Gasteiger partial charge in [-0.1, -0.05) is 41.9 Å². The topological polar surface area (TPSA) is 72.1 Å². The maximum absolute atomic E-state index is 12.4. The number of carbonyl (C=O) groups excluding carboxylic acids is 1. The molecule has 1 unspecified atom stereocenters. The van der Waals surface area contributed by atoms with E-state index in [4.69, 9.17) is 16.0 Å². The summed E-state index contributed by atoms with van der Waals surface area (Å²) < 4.78 is 8.08. The third kappa shape index (κ3) is 4.42. The number of nitrogens with zero attached hydrogens (tertiary/aromatic N) is 2. The van der Waals surface area contributed by atoms with Gasteiger partial charge in [0.2, 0.25) is 5.91 Å². The second-order valence-corrected chi connectivity index (χ2v) is 8.77. The van der Waals surface area contributed by atoms with E-state index in [1.165, 1.54) is 0 Å². The van der Waals surface area contributed by atoms with Crippen molar-refractivity contribution in [2.24, 2.45) is 0 Å². The van der Waals surface area contributed by atoms with Crippen LogP contribution in [0.4, 0.5) is 5.82 Å². The minimum Gasteiger partial charge on any atom is -0.456 e. The number of fused-ring (bicyclic) bond motifs is 1. The van der Waals surface area contributed by atoms with E-state index < -0.39 is 0 Å². The monoisotopic (exact) mass is 448 g/mol. The second kappa shape index (κ2) is 8.81. The molecule has 3 heterocycles. The van der Waals surface area contributed by atoms with Crippen LogP contribution >= 0.6 is 11.6 Å². The molecule has 7 heteroatoms. The van der Waals surface area contributed by atoms with E-state index in [0.29, 0.717) is 23.8 Å². The Hall–Kier alpha value is -3.09. The Morgan fingerprint density at radius 2 is 2.09 bits per heavy atom. The lowest BCUT2D eigenvalue weighted by Gasteiger charge is -2.09. The van der Waals surface area contributed by atoms with Crippen molar-refractivity contribution < 1.29 is 9.21 Å². The lowest BCUT2D eigenvalue weighted by Crippen LogP contribution is -2.27. The van der Waals surface area contributed by atoms with Crippen molar-refractivity contribution in [3.05, 3.63) is 70.9 Å². The highest BCUT2D eigenvalue weighted by molar-refractivity contribution is 6.31. The standard InChI is InChI=1S/C25H25ClN4O2/c1-16-10-23(28-24(31)14-21-8-5-9-27-21)29-30(16)15-19-12-20(26)11-18-13-22(32-25(18)19)17-6-3-2-4-7-17/h2-4,6-7,10-13,21,27H,5,8-9,14-15H2,1H3,(H,28,29,31). The zero-order chi connectivity index (χ0) is 22.1. The Bertz CT molecular complexity index is 1260. The number of rotatable bonds is 6. The maximum Gasteiger partial charge on any atom is 0.227 e. The van der Waals surface area contributed by atoms with Crippen LogP contribution in [0.2, 0.25) is 5.02 Å². The number of amides is 1. The van der Waals surface area contributed by atoms with Gasteiger partial charge in [0.25, 0.3) is 0 Å². The van der Waals surface area contributed by atoms with Crippen LogP contribution in [0, 0.1) is 6.92 Å². The van der Waals surface area contributed by atoms with E-state index in [2.05, 4.69) is 15.7 Å². The summed E-state index contributed by atoms with van der Waals surface area (Å²) in [6, 6.07) is 18.0. The van der Waals surface area contributed by atoms with E-state index in [0.717, 1.165) is 52.9 Å². The molecule has 4 aromatic rings. The zero-order valence-electron chi connectivity index (χ0n) is 17.9. The van der Waals surface area contributed by atoms with E-state index in [9.17, 15) is 4.79 Å². The molecule has 0 saturated carbocycles. The van der Waals surface area contributed by atoms with Crippen molar-refractivity contribution in [1.82, 2.24) is 15.1 Å². The first-order valence-electron chi connectivity index (χ1n) is 10.9. The minimum atomic E-state index is -0.0160. The summed E-state index contributed by atoms with van der Waals surface area (Å²) in [5.41, 5.74) is 3.69. The molecule has 0 aliphatic carbocycles. The van der Waals surface area contributed by atoms with Crippen molar-refractivity contribution in [1.29, 1.82) is 0 Å². The molecule has 2 aromatic carbocycles. The molecule has 1 atom stereocenters. The van der Waals surface area contributed by atoms with Gasteiger partial charge in [0.1, 0.15) is 11.3 Å². The molecular weight excluding hydrogens is 424 g/mol. The number of nitrogens with one attached hydrogen (secondary N) is 2.